The maximum Gasteiger partial charge on any atom is 0.317 e. The molecule has 1 rings (SSSR count). The van der Waals surface area contributed by atoms with E-state index in [1.54, 1.807) is 11.8 Å². The van der Waals surface area contributed by atoms with Gasteiger partial charge in [-0.3, -0.25) is 14.5 Å². The van der Waals surface area contributed by atoms with Crippen molar-refractivity contribution in [3.05, 3.63) is 0 Å². The fourth-order valence-electron chi connectivity index (χ4n) is 1.72. The topological polar surface area (TPSA) is 69.6 Å². The monoisotopic (exact) mass is 242 g/mol. The van der Waals surface area contributed by atoms with Crippen LogP contribution in [0.15, 0.2) is 0 Å². The third-order valence-corrected chi connectivity index (χ3v) is 2.79. The van der Waals surface area contributed by atoms with E-state index in [2.05, 4.69) is 5.32 Å². The Hall–Kier alpha value is -1.10. The van der Waals surface area contributed by atoms with Gasteiger partial charge in [-0.25, -0.2) is 0 Å². The van der Waals surface area contributed by atoms with E-state index in [1.807, 2.05) is 13.8 Å². The fraction of sp³-hybridized carbons (Fsp3) is 0.833. The molecule has 1 aliphatic carbocycles. The number of aliphatic carboxylic acids is 1. The molecule has 0 bridgehead atoms. The summed E-state index contributed by atoms with van der Waals surface area (Å²) in [5.41, 5.74) is 0. The van der Waals surface area contributed by atoms with Crippen LogP contribution in [0.5, 0.6) is 0 Å². The standard InChI is InChI=1S/C12H22N2O3/c1-8(2)6-14(7-11(15)16)9(3)12(17)13-10-4-5-10/h8-10H,4-7H2,1-3H3,(H,13,17)(H,15,16). The molecule has 0 aromatic heterocycles. The molecular weight excluding hydrogens is 220 g/mol. The van der Waals surface area contributed by atoms with Crippen LogP contribution in [0.3, 0.4) is 0 Å². The van der Waals surface area contributed by atoms with Crippen LogP contribution < -0.4 is 5.32 Å². The van der Waals surface area contributed by atoms with Gasteiger partial charge in [0.2, 0.25) is 5.91 Å². The Labute approximate surface area is 102 Å². The van der Waals surface area contributed by atoms with E-state index in [1.165, 1.54) is 0 Å². The second-order valence-corrected chi connectivity index (χ2v) is 5.18. The Bertz CT molecular complexity index is 287. The zero-order chi connectivity index (χ0) is 13.0. The number of rotatable bonds is 7. The average Bonchev–Trinajstić information content (AvgIpc) is 2.97. The first-order chi connectivity index (χ1) is 7.90. The lowest BCUT2D eigenvalue weighted by Gasteiger charge is -2.28. The molecule has 5 heteroatoms. The van der Waals surface area contributed by atoms with E-state index >= 15 is 0 Å². The number of nitrogens with one attached hydrogen (secondary N) is 1. The number of nitrogens with zero attached hydrogens (tertiary/aromatic N) is 1. The molecule has 0 spiro atoms. The van der Waals surface area contributed by atoms with Crippen molar-refractivity contribution in [2.75, 3.05) is 13.1 Å². The predicted molar refractivity (Wildman–Crippen MR) is 64.7 cm³/mol. The molecule has 0 aromatic rings. The molecule has 0 aliphatic heterocycles. The number of hydrogen-bond donors (Lipinski definition) is 2. The van der Waals surface area contributed by atoms with E-state index < -0.39 is 5.97 Å². The van der Waals surface area contributed by atoms with E-state index in [0.717, 1.165) is 12.8 Å². The van der Waals surface area contributed by atoms with Crippen LogP contribution in [0.2, 0.25) is 0 Å². The summed E-state index contributed by atoms with van der Waals surface area (Å²) in [6, 6.07) is -0.0650. The Kier molecular flexibility index (Phi) is 4.93. The summed E-state index contributed by atoms with van der Waals surface area (Å²) < 4.78 is 0. The molecule has 1 amide bonds. The molecule has 1 saturated carbocycles. The first-order valence-corrected chi connectivity index (χ1v) is 6.16. The Balaban J connectivity index is 2.52. The average molecular weight is 242 g/mol. The van der Waals surface area contributed by atoms with Crippen LogP contribution in [-0.4, -0.2) is 47.1 Å². The molecule has 1 fully saturated rings. The first kappa shape index (κ1) is 14.0. The number of carboxylic acids is 1. The van der Waals surface area contributed by atoms with Crippen LogP contribution in [-0.2, 0) is 9.59 Å². The lowest BCUT2D eigenvalue weighted by Crippen LogP contribution is -2.48. The highest BCUT2D eigenvalue weighted by Gasteiger charge is 2.29. The van der Waals surface area contributed by atoms with Crippen molar-refractivity contribution in [2.45, 2.75) is 45.7 Å². The van der Waals surface area contributed by atoms with Gasteiger partial charge in [-0.1, -0.05) is 13.8 Å². The molecule has 1 aliphatic rings. The van der Waals surface area contributed by atoms with Crippen molar-refractivity contribution in [2.24, 2.45) is 5.92 Å². The van der Waals surface area contributed by atoms with Crippen LogP contribution in [0.25, 0.3) is 0 Å². The summed E-state index contributed by atoms with van der Waals surface area (Å²) in [6.45, 7) is 6.33. The number of amides is 1. The minimum absolute atomic E-state index is 0.0607. The summed E-state index contributed by atoms with van der Waals surface area (Å²) in [5.74, 6) is -0.614. The molecule has 17 heavy (non-hydrogen) atoms. The van der Waals surface area contributed by atoms with Crippen LogP contribution in [0, 0.1) is 5.92 Å². The molecule has 0 aromatic carbocycles. The van der Waals surface area contributed by atoms with Crippen molar-refractivity contribution in [1.29, 1.82) is 0 Å². The summed E-state index contributed by atoms with van der Waals surface area (Å²) in [7, 11) is 0. The van der Waals surface area contributed by atoms with Crippen LogP contribution >= 0.6 is 0 Å². The maximum atomic E-state index is 11.9. The Morgan fingerprint density at radius 3 is 2.35 bits per heavy atom. The third-order valence-electron chi connectivity index (χ3n) is 2.79. The molecular formula is C12H22N2O3. The van der Waals surface area contributed by atoms with Gasteiger partial charge in [0.05, 0.1) is 12.6 Å². The van der Waals surface area contributed by atoms with Crippen LogP contribution in [0.1, 0.15) is 33.6 Å². The highest BCUT2D eigenvalue weighted by atomic mass is 16.4. The SMILES string of the molecule is CC(C)CN(CC(=O)O)C(C)C(=O)NC1CC1. The smallest absolute Gasteiger partial charge is 0.317 e. The van der Waals surface area contributed by atoms with Gasteiger partial charge >= 0.3 is 5.97 Å². The normalized spacial score (nSPS) is 17.2. The first-order valence-electron chi connectivity index (χ1n) is 6.16. The number of carbonyl (C=O) groups is 2. The zero-order valence-electron chi connectivity index (χ0n) is 10.8. The summed E-state index contributed by atoms with van der Waals surface area (Å²) in [4.78, 5) is 24.3. The minimum Gasteiger partial charge on any atom is -0.480 e. The van der Waals surface area contributed by atoms with E-state index in [0.29, 0.717) is 18.5 Å². The minimum atomic E-state index is -0.892. The number of hydrogen-bond acceptors (Lipinski definition) is 3. The van der Waals surface area contributed by atoms with Crippen molar-refractivity contribution >= 4 is 11.9 Å². The van der Waals surface area contributed by atoms with Gasteiger partial charge in [-0.05, 0) is 25.7 Å². The van der Waals surface area contributed by atoms with E-state index in [4.69, 9.17) is 5.11 Å². The molecule has 0 saturated heterocycles. The van der Waals surface area contributed by atoms with Gasteiger partial charge in [0.1, 0.15) is 0 Å². The third kappa shape index (κ3) is 5.17. The Morgan fingerprint density at radius 1 is 1.35 bits per heavy atom. The van der Waals surface area contributed by atoms with Gasteiger partial charge < -0.3 is 10.4 Å². The summed E-state index contributed by atoms with van der Waals surface area (Å²) in [5, 5.41) is 11.8. The summed E-state index contributed by atoms with van der Waals surface area (Å²) >= 11 is 0. The molecule has 5 nitrogen and oxygen atoms in total. The number of carbonyl (C=O) groups excluding carboxylic acids is 1. The highest BCUT2D eigenvalue weighted by molar-refractivity contribution is 5.82. The van der Waals surface area contributed by atoms with Crippen LogP contribution in [0.4, 0.5) is 0 Å². The van der Waals surface area contributed by atoms with Gasteiger partial charge in [0.25, 0.3) is 0 Å². The molecule has 0 heterocycles. The van der Waals surface area contributed by atoms with Gasteiger partial charge in [-0.2, -0.15) is 0 Å². The molecule has 2 N–H and O–H groups in total. The Morgan fingerprint density at radius 2 is 1.94 bits per heavy atom. The van der Waals surface area contributed by atoms with Gasteiger partial charge in [0.15, 0.2) is 0 Å². The van der Waals surface area contributed by atoms with Crippen molar-refractivity contribution < 1.29 is 14.7 Å². The molecule has 98 valence electrons. The van der Waals surface area contributed by atoms with Crippen molar-refractivity contribution in [3.8, 4) is 0 Å². The lowest BCUT2D eigenvalue weighted by atomic mass is 10.1. The second-order valence-electron chi connectivity index (χ2n) is 5.18. The molecule has 0 radical (unpaired) electrons. The predicted octanol–water partition coefficient (Wildman–Crippen LogP) is 0.696. The largest absolute Gasteiger partial charge is 0.480 e. The van der Waals surface area contributed by atoms with Gasteiger partial charge in [-0.15, -0.1) is 0 Å². The maximum absolute atomic E-state index is 11.9. The molecule has 1 unspecified atom stereocenters. The zero-order valence-corrected chi connectivity index (χ0v) is 10.8. The second kappa shape index (κ2) is 6.00. The van der Waals surface area contributed by atoms with E-state index in [9.17, 15) is 9.59 Å². The summed E-state index contributed by atoms with van der Waals surface area (Å²) in [6.07, 6.45) is 2.09. The van der Waals surface area contributed by atoms with E-state index in [-0.39, 0.29) is 18.5 Å². The van der Waals surface area contributed by atoms with Crippen molar-refractivity contribution in [3.63, 3.8) is 0 Å². The highest BCUT2D eigenvalue weighted by Crippen LogP contribution is 2.19. The number of carboxylic acid groups (broad SMARTS) is 1. The lowest BCUT2D eigenvalue weighted by molar-refractivity contribution is -0.140. The van der Waals surface area contributed by atoms with Crippen molar-refractivity contribution in [1.82, 2.24) is 10.2 Å². The quantitative estimate of drug-likeness (QED) is 0.689. The van der Waals surface area contributed by atoms with Gasteiger partial charge in [0, 0.05) is 12.6 Å². The molecule has 1 atom stereocenters. The fourth-order valence-corrected chi connectivity index (χ4v) is 1.72.